The molecule has 0 radical (unpaired) electrons. The molecule has 1 aliphatic carbocycles. The molecule has 0 spiro atoms. The van der Waals surface area contributed by atoms with Gasteiger partial charge in [-0.2, -0.15) is 5.10 Å². The van der Waals surface area contributed by atoms with Crippen LogP contribution in [0.5, 0.6) is 5.75 Å². The molecule has 0 atom stereocenters. The van der Waals surface area contributed by atoms with Crippen LogP contribution in [0.4, 0.5) is 0 Å². The summed E-state index contributed by atoms with van der Waals surface area (Å²) in [5.74, 6) is 0.538. The van der Waals surface area contributed by atoms with E-state index in [-0.39, 0.29) is 17.2 Å². The number of hydrogen-bond donors (Lipinski definition) is 1. The van der Waals surface area contributed by atoms with E-state index in [4.69, 9.17) is 9.72 Å². The highest BCUT2D eigenvalue weighted by atomic mass is 32.2. The highest BCUT2D eigenvalue weighted by molar-refractivity contribution is 7.99. The Morgan fingerprint density at radius 1 is 1.25 bits per heavy atom. The average molecular weight is 519 g/mol. The first-order valence-electron chi connectivity index (χ1n) is 11.9. The number of benzene rings is 2. The van der Waals surface area contributed by atoms with E-state index in [9.17, 15) is 9.59 Å². The summed E-state index contributed by atoms with van der Waals surface area (Å²) in [5, 5.41) is 5.25. The highest BCUT2D eigenvalue weighted by Gasteiger charge is 2.24. The molecule has 4 aromatic rings. The fourth-order valence-corrected chi connectivity index (χ4v) is 6.41. The van der Waals surface area contributed by atoms with Crippen molar-refractivity contribution < 1.29 is 9.53 Å². The van der Waals surface area contributed by atoms with Crippen LogP contribution in [0.3, 0.4) is 0 Å². The maximum atomic E-state index is 13.7. The highest BCUT2D eigenvalue weighted by Crippen LogP contribution is 2.36. The van der Waals surface area contributed by atoms with Crippen LogP contribution in [-0.2, 0) is 17.6 Å². The number of fused-ring (bicyclic) bond motifs is 3. The molecule has 1 amide bonds. The zero-order chi connectivity index (χ0) is 25.1. The second kappa shape index (κ2) is 10.7. The Morgan fingerprint density at radius 2 is 2.08 bits per heavy atom. The third kappa shape index (κ3) is 5.08. The molecule has 0 saturated carbocycles. The topological polar surface area (TPSA) is 85.6 Å². The molecule has 36 heavy (non-hydrogen) atoms. The molecule has 0 unspecified atom stereocenters. The molecular formula is C27H26N4O3S2. The number of nitrogens with zero attached hydrogens (tertiary/aromatic N) is 3. The second-order valence-corrected chi connectivity index (χ2v) is 10.5. The van der Waals surface area contributed by atoms with Gasteiger partial charge in [-0.15, -0.1) is 11.3 Å². The molecule has 2 heterocycles. The molecule has 2 aromatic carbocycles. The van der Waals surface area contributed by atoms with Gasteiger partial charge in [0.25, 0.3) is 11.5 Å². The molecule has 0 saturated heterocycles. The number of ether oxygens (including phenoxy) is 1. The van der Waals surface area contributed by atoms with Gasteiger partial charge in [-0.05, 0) is 68.5 Å². The summed E-state index contributed by atoms with van der Waals surface area (Å²) < 4.78 is 7.17. The number of thioether (sulfide) groups is 1. The molecule has 0 bridgehead atoms. The normalized spacial score (nSPS) is 12.8. The number of rotatable bonds is 8. The molecular weight excluding hydrogens is 492 g/mol. The molecule has 9 heteroatoms. The van der Waals surface area contributed by atoms with Crippen LogP contribution < -0.4 is 15.7 Å². The van der Waals surface area contributed by atoms with E-state index in [1.165, 1.54) is 16.6 Å². The maximum absolute atomic E-state index is 13.7. The Morgan fingerprint density at radius 3 is 2.86 bits per heavy atom. The summed E-state index contributed by atoms with van der Waals surface area (Å²) in [7, 11) is 0. The van der Waals surface area contributed by atoms with Crippen molar-refractivity contribution in [2.45, 2.75) is 38.3 Å². The third-order valence-electron chi connectivity index (χ3n) is 5.89. The summed E-state index contributed by atoms with van der Waals surface area (Å²) in [6.45, 7) is 4.50. The van der Waals surface area contributed by atoms with E-state index in [0.717, 1.165) is 46.5 Å². The van der Waals surface area contributed by atoms with Gasteiger partial charge >= 0.3 is 0 Å². The molecule has 1 N–H and O–H groups in total. The van der Waals surface area contributed by atoms with Crippen LogP contribution >= 0.6 is 23.1 Å². The number of thiophene rings is 1. The van der Waals surface area contributed by atoms with Gasteiger partial charge in [0.1, 0.15) is 10.6 Å². The van der Waals surface area contributed by atoms with Crippen molar-refractivity contribution in [2.75, 3.05) is 12.4 Å². The standard InChI is InChI=1S/C27H26N4O3S2/c1-3-34-20-12-10-19(11-13-20)31-26(33)24-21-8-5-9-22(21)36-25(24)29-27(31)35-16-23(32)30-28-15-18-7-4-6-17(2)14-18/h4,6-7,10-15H,3,5,8-9,16H2,1-2H3,(H,30,32). The minimum Gasteiger partial charge on any atom is -0.494 e. The van der Waals surface area contributed by atoms with Gasteiger partial charge in [-0.1, -0.05) is 41.6 Å². The molecule has 1 aliphatic rings. The number of aromatic nitrogens is 2. The number of nitrogens with one attached hydrogen (secondary N) is 1. The molecule has 0 aliphatic heterocycles. The molecule has 7 nitrogen and oxygen atoms in total. The number of aryl methyl sites for hydroxylation is 3. The lowest BCUT2D eigenvalue weighted by atomic mass is 10.2. The summed E-state index contributed by atoms with van der Waals surface area (Å²) in [4.78, 5) is 33.1. The lowest BCUT2D eigenvalue weighted by Crippen LogP contribution is -2.24. The molecule has 5 rings (SSSR count). The predicted molar refractivity (Wildman–Crippen MR) is 146 cm³/mol. The SMILES string of the molecule is CCOc1ccc(-n2c(SCC(=O)NN=Cc3cccc(C)c3)nc3sc4c(c3c2=O)CCC4)cc1. The molecule has 184 valence electrons. The van der Waals surface area contributed by atoms with Gasteiger partial charge in [0.05, 0.1) is 29.6 Å². The van der Waals surface area contributed by atoms with E-state index >= 15 is 0 Å². The van der Waals surface area contributed by atoms with Gasteiger partial charge in [0, 0.05) is 4.88 Å². The quantitative estimate of drug-likeness (QED) is 0.155. The van der Waals surface area contributed by atoms with Gasteiger partial charge in [0.15, 0.2) is 5.16 Å². The Kier molecular flexibility index (Phi) is 7.20. The number of carbonyl (C=O) groups is 1. The van der Waals surface area contributed by atoms with Crippen molar-refractivity contribution in [1.82, 2.24) is 15.0 Å². The first-order valence-corrected chi connectivity index (χ1v) is 13.7. The number of hydrogen-bond acceptors (Lipinski definition) is 7. The minimum atomic E-state index is -0.273. The zero-order valence-corrected chi connectivity index (χ0v) is 21.7. The summed E-state index contributed by atoms with van der Waals surface area (Å²) in [5.41, 5.74) is 6.32. The third-order valence-corrected chi connectivity index (χ3v) is 8.02. The Hall–Kier alpha value is -3.43. The Balaban J connectivity index is 1.42. The van der Waals surface area contributed by atoms with Gasteiger partial charge in [-0.25, -0.2) is 10.4 Å². The molecule has 2 aromatic heterocycles. The Labute approximate surface area is 217 Å². The van der Waals surface area contributed by atoms with Crippen molar-refractivity contribution >= 4 is 45.4 Å². The zero-order valence-electron chi connectivity index (χ0n) is 20.1. The van der Waals surface area contributed by atoms with Crippen LogP contribution in [0.25, 0.3) is 15.9 Å². The van der Waals surface area contributed by atoms with E-state index in [1.54, 1.807) is 22.1 Å². The van der Waals surface area contributed by atoms with Gasteiger partial charge < -0.3 is 4.74 Å². The van der Waals surface area contributed by atoms with Crippen molar-refractivity contribution in [3.8, 4) is 11.4 Å². The van der Waals surface area contributed by atoms with Crippen LogP contribution in [0.2, 0.25) is 0 Å². The molecule has 0 fully saturated rings. The first kappa shape index (κ1) is 24.3. The monoisotopic (exact) mass is 518 g/mol. The van der Waals surface area contributed by atoms with Crippen LogP contribution in [0.15, 0.2) is 63.6 Å². The van der Waals surface area contributed by atoms with Gasteiger partial charge in [-0.3, -0.25) is 14.2 Å². The second-order valence-electron chi connectivity index (χ2n) is 8.50. The number of hydrazone groups is 1. The van der Waals surface area contributed by atoms with Crippen molar-refractivity contribution in [3.05, 3.63) is 80.5 Å². The average Bonchev–Trinajstić information content (AvgIpc) is 3.45. The van der Waals surface area contributed by atoms with Crippen molar-refractivity contribution in [3.63, 3.8) is 0 Å². The van der Waals surface area contributed by atoms with Crippen LogP contribution in [0, 0.1) is 6.92 Å². The van der Waals surface area contributed by atoms with Crippen LogP contribution in [-0.4, -0.2) is 34.0 Å². The lowest BCUT2D eigenvalue weighted by molar-refractivity contribution is -0.118. The first-order chi connectivity index (χ1) is 17.5. The maximum Gasteiger partial charge on any atom is 0.267 e. The number of carbonyl (C=O) groups excluding carboxylic acids is 1. The lowest BCUT2D eigenvalue weighted by Gasteiger charge is -2.13. The fraction of sp³-hybridized carbons (Fsp3) is 0.259. The van der Waals surface area contributed by atoms with Crippen molar-refractivity contribution in [2.24, 2.45) is 5.10 Å². The summed E-state index contributed by atoms with van der Waals surface area (Å²) >= 11 is 2.82. The fourth-order valence-electron chi connectivity index (χ4n) is 4.30. The minimum absolute atomic E-state index is 0.0746. The number of amides is 1. The smallest absolute Gasteiger partial charge is 0.267 e. The van der Waals surface area contributed by atoms with E-state index in [0.29, 0.717) is 22.8 Å². The van der Waals surface area contributed by atoms with E-state index in [1.807, 2.05) is 62.4 Å². The van der Waals surface area contributed by atoms with Crippen molar-refractivity contribution in [1.29, 1.82) is 0 Å². The largest absolute Gasteiger partial charge is 0.494 e. The van der Waals surface area contributed by atoms with Gasteiger partial charge in [0.2, 0.25) is 0 Å². The van der Waals surface area contributed by atoms with Crippen LogP contribution in [0.1, 0.15) is 34.9 Å². The van der Waals surface area contributed by atoms with E-state index in [2.05, 4.69) is 10.5 Å². The summed E-state index contributed by atoms with van der Waals surface area (Å²) in [6.07, 6.45) is 4.58. The summed E-state index contributed by atoms with van der Waals surface area (Å²) in [6, 6.07) is 15.2. The van der Waals surface area contributed by atoms with E-state index < -0.39 is 0 Å². The Bertz CT molecular complexity index is 1510. The predicted octanol–water partition coefficient (Wildman–Crippen LogP) is 4.89.